The maximum Gasteiger partial charge on any atom is 0.0773 e. The van der Waals surface area contributed by atoms with E-state index in [1.165, 1.54) is 0 Å². The molecule has 3 heteroatoms. The predicted octanol–water partition coefficient (Wildman–Crippen LogP) is 1.89. The van der Waals surface area contributed by atoms with Crippen LogP contribution in [-0.4, -0.2) is 24.3 Å². The first-order chi connectivity index (χ1) is 6.59. The molecule has 4 N–H and O–H groups in total. The Hall–Kier alpha value is -0.120. The summed E-state index contributed by atoms with van der Waals surface area (Å²) in [6.45, 7) is 13.1. The van der Waals surface area contributed by atoms with E-state index in [2.05, 4.69) is 13.8 Å². The molecule has 0 heterocycles. The molecule has 0 aromatic carbocycles. The average Bonchev–Trinajstić information content (AvgIpc) is 2.02. The van der Waals surface area contributed by atoms with Gasteiger partial charge in [-0.15, -0.1) is 0 Å². The van der Waals surface area contributed by atoms with Crippen LogP contribution in [-0.2, 0) is 4.74 Å². The lowest BCUT2D eigenvalue weighted by Crippen LogP contribution is -2.44. The largest absolute Gasteiger partial charge is 0.374 e. The number of rotatable bonds is 6. The lowest BCUT2D eigenvalue weighted by Gasteiger charge is -2.33. The molecule has 92 valence electrons. The summed E-state index contributed by atoms with van der Waals surface area (Å²) in [5, 5.41) is 0. The smallest absolute Gasteiger partial charge is 0.0773 e. The summed E-state index contributed by atoms with van der Waals surface area (Å²) in [5.74, 6) is 0. The minimum absolute atomic E-state index is 0.0379. The standard InChI is InChI=1S/C12H28N2O/c1-9(13)11(3,4)7-8-15-12(5,6)10(2)14/h9-10H,7-8,13-14H2,1-6H3. The van der Waals surface area contributed by atoms with E-state index in [9.17, 15) is 0 Å². The van der Waals surface area contributed by atoms with Crippen LogP contribution in [0.4, 0.5) is 0 Å². The Kier molecular flexibility index (Phi) is 5.24. The van der Waals surface area contributed by atoms with Gasteiger partial charge >= 0.3 is 0 Å². The number of hydrogen-bond acceptors (Lipinski definition) is 3. The molecule has 0 aromatic rings. The Bertz CT molecular complexity index is 166. The Morgan fingerprint density at radius 1 is 1.00 bits per heavy atom. The van der Waals surface area contributed by atoms with Crippen LogP contribution in [0.15, 0.2) is 0 Å². The third kappa shape index (κ3) is 4.96. The molecule has 15 heavy (non-hydrogen) atoms. The summed E-state index contributed by atoms with van der Waals surface area (Å²) < 4.78 is 5.80. The van der Waals surface area contributed by atoms with Gasteiger partial charge in [0.1, 0.15) is 0 Å². The molecule has 0 spiro atoms. The minimum Gasteiger partial charge on any atom is -0.374 e. The molecular formula is C12H28N2O. The van der Waals surface area contributed by atoms with E-state index in [1.807, 2.05) is 27.7 Å². The Morgan fingerprint density at radius 2 is 1.47 bits per heavy atom. The second kappa shape index (κ2) is 5.28. The molecule has 2 unspecified atom stereocenters. The van der Waals surface area contributed by atoms with Crippen LogP contribution in [0.1, 0.15) is 48.0 Å². The van der Waals surface area contributed by atoms with Gasteiger partial charge in [-0.3, -0.25) is 0 Å². The fourth-order valence-corrected chi connectivity index (χ4v) is 0.936. The predicted molar refractivity (Wildman–Crippen MR) is 65.7 cm³/mol. The van der Waals surface area contributed by atoms with E-state index in [4.69, 9.17) is 16.2 Å². The minimum atomic E-state index is -0.256. The average molecular weight is 216 g/mol. The van der Waals surface area contributed by atoms with Gasteiger partial charge in [0, 0.05) is 18.7 Å². The molecule has 0 bridgehead atoms. The molecule has 0 saturated heterocycles. The van der Waals surface area contributed by atoms with Crippen molar-refractivity contribution in [1.82, 2.24) is 0 Å². The normalized spacial score (nSPS) is 17.6. The molecule has 0 aliphatic heterocycles. The van der Waals surface area contributed by atoms with Crippen molar-refractivity contribution in [1.29, 1.82) is 0 Å². The summed E-state index contributed by atoms with van der Waals surface area (Å²) in [7, 11) is 0. The lowest BCUT2D eigenvalue weighted by atomic mass is 9.83. The zero-order valence-electron chi connectivity index (χ0n) is 11.1. The summed E-state index contributed by atoms with van der Waals surface area (Å²) >= 11 is 0. The quantitative estimate of drug-likeness (QED) is 0.713. The summed E-state index contributed by atoms with van der Waals surface area (Å²) in [6, 6.07) is 0.218. The molecule has 2 atom stereocenters. The van der Waals surface area contributed by atoms with Crippen LogP contribution < -0.4 is 11.5 Å². The maximum atomic E-state index is 5.90. The van der Waals surface area contributed by atoms with Crippen LogP contribution in [0.25, 0.3) is 0 Å². The van der Waals surface area contributed by atoms with Crippen molar-refractivity contribution in [2.24, 2.45) is 16.9 Å². The first kappa shape index (κ1) is 14.9. The van der Waals surface area contributed by atoms with Crippen molar-refractivity contribution in [2.45, 2.75) is 65.6 Å². The highest BCUT2D eigenvalue weighted by Crippen LogP contribution is 2.25. The van der Waals surface area contributed by atoms with E-state index in [0.717, 1.165) is 6.42 Å². The Balaban J connectivity index is 4.00. The zero-order chi connectivity index (χ0) is 12.3. The molecule has 0 aliphatic carbocycles. The molecular weight excluding hydrogens is 188 g/mol. The van der Waals surface area contributed by atoms with Crippen molar-refractivity contribution in [3.8, 4) is 0 Å². The zero-order valence-corrected chi connectivity index (χ0v) is 11.1. The van der Waals surface area contributed by atoms with Crippen molar-refractivity contribution in [3.05, 3.63) is 0 Å². The highest BCUT2D eigenvalue weighted by molar-refractivity contribution is 4.81. The van der Waals surface area contributed by atoms with Crippen LogP contribution in [0.3, 0.4) is 0 Å². The van der Waals surface area contributed by atoms with Crippen LogP contribution >= 0.6 is 0 Å². The summed E-state index contributed by atoms with van der Waals surface area (Å²) in [5.41, 5.74) is 11.6. The van der Waals surface area contributed by atoms with Crippen LogP contribution in [0.2, 0.25) is 0 Å². The van der Waals surface area contributed by atoms with Gasteiger partial charge < -0.3 is 16.2 Å². The van der Waals surface area contributed by atoms with Crippen LogP contribution in [0, 0.1) is 5.41 Å². The fourth-order valence-electron chi connectivity index (χ4n) is 0.936. The van der Waals surface area contributed by atoms with Gasteiger partial charge in [0.2, 0.25) is 0 Å². The fraction of sp³-hybridized carbons (Fsp3) is 1.00. The Labute approximate surface area is 94.5 Å². The third-order valence-electron chi connectivity index (χ3n) is 3.55. The van der Waals surface area contributed by atoms with Gasteiger partial charge in [-0.05, 0) is 39.5 Å². The van der Waals surface area contributed by atoms with Gasteiger partial charge in [-0.25, -0.2) is 0 Å². The molecule has 0 saturated carbocycles. The lowest BCUT2D eigenvalue weighted by molar-refractivity contribution is -0.0433. The van der Waals surface area contributed by atoms with E-state index in [-0.39, 0.29) is 23.1 Å². The molecule has 0 rings (SSSR count). The summed E-state index contributed by atoms with van der Waals surface area (Å²) in [4.78, 5) is 0. The first-order valence-electron chi connectivity index (χ1n) is 5.75. The molecule has 3 nitrogen and oxygen atoms in total. The van der Waals surface area contributed by atoms with Gasteiger partial charge in [-0.1, -0.05) is 13.8 Å². The molecule has 0 amide bonds. The van der Waals surface area contributed by atoms with Gasteiger partial charge in [0.25, 0.3) is 0 Å². The summed E-state index contributed by atoms with van der Waals surface area (Å²) in [6.07, 6.45) is 0.959. The van der Waals surface area contributed by atoms with Crippen LogP contribution in [0.5, 0.6) is 0 Å². The number of hydrogen-bond donors (Lipinski definition) is 2. The van der Waals surface area contributed by atoms with Gasteiger partial charge in [-0.2, -0.15) is 0 Å². The van der Waals surface area contributed by atoms with E-state index in [0.29, 0.717) is 6.61 Å². The van der Waals surface area contributed by atoms with E-state index >= 15 is 0 Å². The monoisotopic (exact) mass is 216 g/mol. The van der Waals surface area contributed by atoms with E-state index < -0.39 is 0 Å². The van der Waals surface area contributed by atoms with Crippen molar-refractivity contribution < 1.29 is 4.74 Å². The van der Waals surface area contributed by atoms with E-state index in [1.54, 1.807) is 0 Å². The molecule has 0 fully saturated rings. The topological polar surface area (TPSA) is 61.3 Å². The number of ether oxygens (including phenoxy) is 1. The Morgan fingerprint density at radius 3 is 1.80 bits per heavy atom. The molecule has 0 radical (unpaired) electrons. The SMILES string of the molecule is CC(N)C(C)(C)CCOC(C)(C)C(C)N. The molecule has 0 aliphatic rings. The molecule has 0 aromatic heterocycles. The second-order valence-electron chi connectivity index (χ2n) is 5.77. The third-order valence-corrected chi connectivity index (χ3v) is 3.55. The highest BCUT2D eigenvalue weighted by atomic mass is 16.5. The van der Waals surface area contributed by atoms with Crippen molar-refractivity contribution in [3.63, 3.8) is 0 Å². The first-order valence-corrected chi connectivity index (χ1v) is 5.75. The van der Waals surface area contributed by atoms with Crippen molar-refractivity contribution >= 4 is 0 Å². The van der Waals surface area contributed by atoms with Gasteiger partial charge in [0.05, 0.1) is 5.60 Å². The second-order valence-corrected chi connectivity index (χ2v) is 5.77. The number of nitrogens with two attached hydrogens (primary N) is 2. The van der Waals surface area contributed by atoms with Crippen molar-refractivity contribution in [2.75, 3.05) is 6.61 Å². The van der Waals surface area contributed by atoms with Gasteiger partial charge in [0.15, 0.2) is 0 Å². The maximum absolute atomic E-state index is 5.90. The highest BCUT2D eigenvalue weighted by Gasteiger charge is 2.27.